The van der Waals surface area contributed by atoms with Crippen molar-refractivity contribution < 1.29 is 0 Å². The van der Waals surface area contributed by atoms with Crippen molar-refractivity contribution in [1.29, 1.82) is 0 Å². The standard InChI is InChI=1S/C12H10BrCl2N/c1-2-3-7-4-8-5-9(13)6-10(14)11(8)16-12(7)15/h4-6H,2-3H2,1H3. The molecule has 2 aromatic rings. The number of rotatable bonds is 2. The molecule has 0 aliphatic rings. The van der Waals surface area contributed by atoms with Gasteiger partial charge in [0.2, 0.25) is 0 Å². The minimum Gasteiger partial charge on any atom is -0.234 e. The number of halogens is 3. The van der Waals surface area contributed by atoms with Crippen molar-refractivity contribution in [3.8, 4) is 0 Å². The molecule has 84 valence electrons. The van der Waals surface area contributed by atoms with E-state index < -0.39 is 0 Å². The number of nitrogens with zero attached hydrogens (tertiary/aromatic N) is 1. The molecule has 0 amide bonds. The van der Waals surface area contributed by atoms with E-state index in [1.807, 2.05) is 12.1 Å². The Morgan fingerprint density at radius 1 is 1.25 bits per heavy atom. The molecule has 0 saturated heterocycles. The van der Waals surface area contributed by atoms with Gasteiger partial charge in [0.1, 0.15) is 5.15 Å². The molecule has 0 N–H and O–H groups in total. The molecule has 1 aromatic carbocycles. The Labute approximate surface area is 113 Å². The van der Waals surface area contributed by atoms with E-state index >= 15 is 0 Å². The molecular formula is C12H10BrCl2N. The zero-order valence-corrected chi connectivity index (χ0v) is 11.8. The second-order valence-electron chi connectivity index (χ2n) is 3.65. The number of hydrogen-bond donors (Lipinski definition) is 0. The lowest BCUT2D eigenvalue weighted by atomic mass is 10.1. The number of aromatic nitrogens is 1. The zero-order chi connectivity index (χ0) is 11.7. The van der Waals surface area contributed by atoms with Crippen LogP contribution < -0.4 is 0 Å². The third-order valence-electron chi connectivity index (χ3n) is 2.38. The molecule has 0 aliphatic heterocycles. The summed E-state index contributed by atoms with van der Waals surface area (Å²) in [4.78, 5) is 4.35. The largest absolute Gasteiger partial charge is 0.234 e. The normalized spacial score (nSPS) is 11.0. The van der Waals surface area contributed by atoms with Crippen LogP contribution >= 0.6 is 39.1 Å². The molecule has 1 aromatic heterocycles. The maximum absolute atomic E-state index is 6.11. The van der Waals surface area contributed by atoms with Gasteiger partial charge in [0, 0.05) is 9.86 Å². The molecule has 0 saturated carbocycles. The number of benzene rings is 1. The molecule has 0 unspecified atom stereocenters. The van der Waals surface area contributed by atoms with E-state index in [9.17, 15) is 0 Å². The summed E-state index contributed by atoms with van der Waals surface area (Å²) in [5.74, 6) is 0. The first-order chi connectivity index (χ1) is 7.61. The molecule has 1 heterocycles. The van der Waals surface area contributed by atoms with Gasteiger partial charge < -0.3 is 0 Å². The summed E-state index contributed by atoms with van der Waals surface area (Å²) in [6.45, 7) is 2.12. The lowest BCUT2D eigenvalue weighted by Crippen LogP contribution is -1.90. The predicted molar refractivity (Wildman–Crippen MR) is 73.5 cm³/mol. The molecule has 1 nitrogen and oxygen atoms in total. The fraction of sp³-hybridized carbons (Fsp3) is 0.250. The molecule has 4 heteroatoms. The lowest BCUT2D eigenvalue weighted by molar-refractivity contribution is 0.918. The van der Waals surface area contributed by atoms with E-state index in [2.05, 4.69) is 33.9 Å². The van der Waals surface area contributed by atoms with Gasteiger partial charge in [0.15, 0.2) is 0 Å². The highest BCUT2D eigenvalue weighted by atomic mass is 79.9. The molecule has 0 radical (unpaired) electrons. The van der Waals surface area contributed by atoms with Gasteiger partial charge in [-0.15, -0.1) is 0 Å². The van der Waals surface area contributed by atoms with Crippen molar-refractivity contribution in [2.75, 3.05) is 0 Å². The van der Waals surface area contributed by atoms with E-state index in [0.717, 1.165) is 33.8 Å². The van der Waals surface area contributed by atoms with Crippen molar-refractivity contribution in [2.24, 2.45) is 0 Å². The van der Waals surface area contributed by atoms with Gasteiger partial charge in [0.25, 0.3) is 0 Å². The summed E-state index contributed by atoms with van der Waals surface area (Å²) in [5, 5.41) is 2.19. The van der Waals surface area contributed by atoms with Crippen LogP contribution in [-0.2, 0) is 6.42 Å². The topological polar surface area (TPSA) is 12.9 Å². The van der Waals surface area contributed by atoms with Crippen LogP contribution in [0.25, 0.3) is 10.9 Å². The second kappa shape index (κ2) is 4.91. The third-order valence-corrected chi connectivity index (χ3v) is 3.45. The smallest absolute Gasteiger partial charge is 0.133 e. The van der Waals surface area contributed by atoms with Gasteiger partial charge in [-0.05, 0) is 30.2 Å². The lowest BCUT2D eigenvalue weighted by Gasteiger charge is -2.06. The van der Waals surface area contributed by atoms with Gasteiger partial charge in [-0.25, -0.2) is 4.98 Å². The van der Waals surface area contributed by atoms with Crippen molar-refractivity contribution >= 4 is 50.0 Å². The van der Waals surface area contributed by atoms with E-state index in [1.54, 1.807) is 0 Å². The fourth-order valence-corrected chi connectivity index (χ4v) is 2.79. The van der Waals surface area contributed by atoms with E-state index in [-0.39, 0.29) is 0 Å². The van der Waals surface area contributed by atoms with Crippen molar-refractivity contribution in [3.05, 3.63) is 38.4 Å². The van der Waals surface area contributed by atoms with E-state index in [4.69, 9.17) is 23.2 Å². The van der Waals surface area contributed by atoms with Crippen LogP contribution in [0.1, 0.15) is 18.9 Å². The number of fused-ring (bicyclic) bond motifs is 1. The Morgan fingerprint density at radius 3 is 2.69 bits per heavy atom. The first kappa shape index (κ1) is 12.2. The summed E-state index contributed by atoms with van der Waals surface area (Å²) >= 11 is 15.6. The van der Waals surface area contributed by atoms with E-state index in [0.29, 0.717) is 10.2 Å². The van der Waals surface area contributed by atoms with Crippen LogP contribution in [0.15, 0.2) is 22.7 Å². The Balaban J connectivity index is 2.69. The Morgan fingerprint density at radius 2 is 2.00 bits per heavy atom. The molecule has 0 spiro atoms. The maximum atomic E-state index is 6.11. The van der Waals surface area contributed by atoms with Gasteiger partial charge in [-0.3, -0.25) is 0 Å². The Bertz CT molecular complexity index is 540. The van der Waals surface area contributed by atoms with Crippen LogP contribution in [0.3, 0.4) is 0 Å². The van der Waals surface area contributed by atoms with Gasteiger partial charge in [-0.2, -0.15) is 0 Å². The van der Waals surface area contributed by atoms with Crippen molar-refractivity contribution in [3.63, 3.8) is 0 Å². The molecule has 0 fully saturated rings. The Hall–Kier alpha value is -0.310. The highest BCUT2D eigenvalue weighted by molar-refractivity contribution is 9.10. The SMILES string of the molecule is CCCc1cc2cc(Br)cc(Cl)c2nc1Cl. The van der Waals surface area contributed by atoms with Crippen LogP contribution in [0, 0.1) is 0 Å². The van der Waals surface area contributed by atoms with Crippen LogP contribution in [0.4, 0.5) is 0 Å². The van der Waals surface area contributed by atoms with Crippen molar-refractivity contribution in [2.45, 2.75) is 19.8 Å². The molecule has 0 bridgehead atoms. The molecule has 16 heavy (non-hydrogen) atoms. The van der Waals surface area contributed by atoms with Crippen LogP contribution in [0.2, 0.25) is 10.2 Å². The summed E-state index contributed by atoms with van der Waals surface area (Å²) in [6.07, 6.45) is 1.99. The summed E-state index contributed by atoms with van der Waals surface area (Å²) in [7, 11) is 0. The van der Waals surface area contributed by atoms with Gasteiger partial charge in [0.05, 0.1) is 10.5 Å². The summed E-state index contributed by atoms with van der Waals surface area (Å²) < 4.78 is 0.955. The number of aryl methyl sites for hydroxylation is 1. The van der Waals surface area contributed by atoms with Crippen LogP contribution in [-0.4, -0.2) is 4.98 Å². The summed E-state index contributed by atoms with van der Waals surface area (Å²) in [6, 6.07) is 5.89. The maximum Gasteiger partial charge on any atom is 0.133 e. The predicted octanol–water partition coefficient (Wildman–Crippen LogP) is 5.26. The average molecular weight is 319 g/mol. The van der Waals surface area contributed by atoms with Gasteiger partial charge >= 0.3 is 0 Å². The molecule has 0 aliphatic carbocycles. The second-order valence-corrected chi connectivity index (χ2v) is 5.33. The third kappa shape index (κ3) is 2.34. The molecule has 2 rings (SSSR count). The average Bonchev–Trinajstić information content (AvgIpc) is 2.21. The zero-order valence-electron chi connectivity index (χ0n) is 8.73. The monoisotopic (exact) mass is 317 g/mol. The first-order valence-electron chi connectivity index (χ1n) is 5.06. The summed E-state index contributed by atoms with van der Waals surface area (Å²) in [5.41, 5.74) is 1.83. The molecule has 0 atom stereocenters. The van der Waals surface area contributed by atoms with E-state index in [1.165, 1.54) is 0 Å². The molecular weight excluding hydrogens is 309 g/mol. The van der Waals surface area contributed by atoms with Crippen LogP contribution in [0.5, 0.6) is 0 Å². The fourth-order valence-electron chi connectivity index (χ4n) is 1.68. The minimum absolute atomic E-state index is 0.554. The first-order valence-corrected chi connectivity index (χ1v) is 6.61. The highest BCUT2D eigenvalue weighted by Crippen LogP contribution is 2.30. The minimum atomic E-state index is 0.554. The number of hydrogen-bond acceptors (Lipinski definition) is 1. The number of pyridine rings is 1. The van der Waals surface area contributed by atoms with Gasteiger partial charge in [-0.1, -0.05) is 52.5 Å². The Kier molecular flexibility index (Phi) is 3.73. The quantitative estimate of drug-likeness (QED) is 0.688. The van der Waals surface area contributed by atoms with Crippen molar-refractivity contribution in [1.82, 2.24) is 4.98 Å². The highest BCUT2D eigenvalue weighted by Gasteiger charge is 2.08.